The van der Waals surface area contributed by atoms with E-state index < -0.39 is 0 Å². The second kappa shape index (κ2) is 7.04. The molecule has 0 N–H and O–H groups in total. The lowest BCUT2D eigenvalue weighted by Crippen LogP contribution is -2.06. The van der Waals surface area contributed by atoms with Gasteiger partial charge < -0.3 is 9.47 Å². The van der Waals surface area contributed by atoms with Crippen LogP contribution in [0.4, 0.5) is 4.39 Å². The van der Waals surface area contributed by atoms with Crippen LogP contribution in [-0.2, 0) is 4.74 Å². The first kappa shape index (κ1) is 15.3. The molecule has 0 aromatic heterocycles. The van der Waals surface area contributed by atoms with Gasteiger partial charge in [0.2, 0.25) is 0 Å². The van der Waals surface area contributed by atoms with Crippen molar-refractivity contribution in [2.45, 2.75) is 36.6 Å². The summed E-state index contributed by atoms with van der Waals surface area (Å²) in [5, 5.41) is 0. The van der Waals surface area contributed by atoms with Crippen LogP contribution in [0.3, 0.4) is 0 Å². The summed E-state index contributed by atoms with van der Waals surface area (Å²) in [6.07, 6.45) is 4.62. The van der Waals surface area contributed by atoms with Crippen molar-refractivity contribution in [1.82, 2.24) is 0 Å². The Balaban J connectivity index is 2.04. The first-order valence-electron chi connectivity index (χ1n) is 6.40. The molecule has 2 rings (SSSR count). The van der Waals surface area contributed by atoms with E-state index in [0.717, 1.165) is 37.9 Å². The highest BCUT2D eigenvalue weighted by atomic mass is 79.9. The number of alkyl halides is 1. The Kier molecular flexibility index (Phi) is 5.66. The lowest BCUT2D eigenvalue weighted by atomic mass is 10.0. The van der Waals surface area contributed by atoms with Crippen molar-refractivity contribution in [1.29, 1.82) is 0 Å². The van der Waals surface area contributed by atoms with Crippen LogP contribution in [0.15, 0.2) is 16.6 Å². The van der Waals surface area contributed by atoms with Crippen LogP contribution in [0.1, 0.15) is 36.1 Å². The molecule has 0 spiro atoms. The summed E-state index contributed by atoms with van der Waals surface area (Å²) in [5.74, 6) is 0.273. The van der Waals surface area contributed by atoms with Gasteiger partial charge in [0.25, 0.3) is 0 Å². The topological polar surface area (TPSA) is 18.5 Å². The van der Waals surface area contributed by atoms with Crippen LogP contribution >= 0.6 is 31.9 Å². The van der Waals surface area contributed by atoms with Crippen molar-refractivity contribution in [2.75, 3.05) is 13.7 Å². The van der Waals surface area contributed by atoms with Gasteiger partial charge >= 0.3 is 0 Å². The molecule has 2 atom stereocenters. The Morgan fingerprint density at radius 2 is 2.32 bits per heavy atom. The highest BCUT2D eigenvalue weighted by molar-refractivity contribution is 9.10. The Hall–Kier alpha value is -0.130. The molecule has 0 amide bonds. The lowest BCUT2D eigenvalue weighted by Gasteiger charge is -2.17. The molecule has 5 heteroatoms. The van der Waals surface area contributed by atoms with Gasteiger partial charge in [-0.1, -0.05) is 15.9 Å². The van der Waals surface area contributed by atoms with E-state index in [1.54, 1.807) is 13.2 Å². The van der Waals surface area contributed by atoms with Crippen molar-refractivity contribution in [2.24, 2.45) is 0 Å². The summed E-state index contributed by atoms with van der Waals surface area (Å²) in [4.78, 5) is 0.142. The van der Waals surface area contributed by atoms with Crippen LogP contribution in [0.5, 0.6) is 5.75 Å². The highest BCUT2D eigenvalue weighted by Gasteiger charge is 2.20. The standard InChI is InChI=1S/C14H17Br2FO2/c1-18-14-8-13(17)12(16)7-10(14)11(15)5-4-9-3-2-6-19-9/h7-9,11H,2-6H2,1H3. The molecular formula is C14H17Br2FO2. The minimum absolute atomic E-state index is 0.142. The third-order valence-electron chi connectivity index (χ3n) is 3.38. The zero-order valence-electron chi connectivity index (χ0n) is 10.8. The second-order valence-corrected chi connectivity index (χ2v) is 6.65. The largest absolute Gasteiger partial charge is 0.496 e. The molecule has 0 bridgehead atoms. The van der Waals surface area contributed by atoms with Crippen LogP contribution in [-0.4, -0.2) is 19.8 Å². The van der Waals surface area contributed by atoms with Gasteiger partial charge in [-0.05, 0) is 47.7 Å². The molecule has 2 unspecified atom stereocenters. The maximum Gasteiger partial charge on any atom is 0.141 e. The Bertz CT molecular complexity index is 434. The first-order valence-corrected chi connectivity index (χ1v) is 8.11. The zero-order chi connectivity index (χ0) is 13.8. The van der Waals surface area contributed by atoms with E-state index in [0.29, 0.717) is 16.3 Å². The van der Waals surface area contributed by atoms with E-state index in [2.05, 4.69) is 31.9 Å². The van der Waals surface area contributed by atoms with Gasteiger partial charge in [-0.15, -0.1) is 0 Å². The minimum atomic E-state index is -0.306. The number of benzene rings is 1. The number of hydrogen-bond donors (Lipinski definition) is 0. The smallest absolute Gasteiger partial charge is 0.141 e. The number of hydrogen-bond acceptors (Lipinski definition) is 2. The predicted molar refractivity (Wildman–Crippen MR) is 80.5 cm³/mol. The molecule has 1 aromatic rings. The molecule has 1 saturated heterocycles. The Morgan fingerprint density at radius 3 is 2.95 bits per heavy atom. The monoisotopic (exact) mass is 394 g/mol. The van der Waals surface area contributed by atoms with Gasteiger partial charge in [0.15, 0.2) is 0 Å². The van der Waals surface area contributed by atoms with E-state index >= 15 is 0 Å². The fraction of sp³-hybridized carbons (Fsp3) is 0.571. The zero-order valence-corrected chi connectivity index (χ0v) is 14.0. The molecule has 19 heavy (non-hydrogen) atoms. The van der Waals surface area contributed by atoms with Crippen LogP contribution < -0.4 is 4.74 Å². The summed E-state index contributed by atoms with van der Waals surface area (Å²) in [7, 11) is 1.56. The minimum Gasteiger partial charge on any atom is -0.496 e. The molecule has 1 aromatic carbocycles. The second-order valence-electron chi connectivity index (χ2n) is 4.69. The van der Waals surface area contributed by atoms with Gasteiger partial charge in [-0.2, -0.15) is 0 Å². The predicted octanol–water partition coefficient (Wildman–Crippen LogP) is 4.99. The molecule has 1 aliphatic rings. The summed E-state index contributed by atoms with van der Waals surface area (Å²) in [6, 6.07) is 3.20. The van der Waals surface area contributed by atoms with Crippen molar-refractivity contribution < 1.29 is 13.9 Å². The molecule has 0 aliphatic carbocycles. The van der Waals surface area contributed by atoms with Crippen LogP contribution in [0.25, 0.3) is 0 Å². The third-order valence-corrected chi connectivity index (χ3v) is 4.93. The SMILES string of the molecule is COc1cc(F)c(Br)cc1C(Br)CCC1CCCO1. The first-order chi connectivity index (χ1) is 9.11. The van der Waals surface area contributed by atoms with Crippen molar-refractivity contribution >= 4 is 31.9 Å². The van der Waals surface area contributed by atoms with E-state index in [9.17, 15) is 4.39 Å². The number of rotatable bonds is 5. The average molecular weight is 396 g/mol. The molecule has 1 heterocycles. The maximum atomic E-state index is 13.5. The van der Waals surface area contributed by atoms with E-state index in [1.165, 1.54) is 6.07 Å². The molecule has 1 fully saturated rings. The normalized spacial score (nSPS) is 20.5. The molecule has 0 radical (unpaired) electrons. The lowest BCUT2D eigenvalue weighted by molar-refractivity contribution is 0.102. The van der Waals surface area contributed by atoms with Crippen LogP contribution in [0.2, 0.25) is 0 Å². The quantitative estimate of drug-likeness (QED) is 0.653. The number of ether oxygens (including phenoxy) is 2. The van der Waals surface area contributed by atoms with E-state index in [1.807, 2.05) is 0 Å². The summed E-state index contributed by atoms with van der Waals surface area (Å²) in [5.41, 5.74) is 0.966. The fourth-order valence-electron chi connectivity index (χ4n) is 2.33. The van der Waals surface area contributed by atoms with E-state index in [-0.39, 0.29) is 10.6 Å². The Morgan fingerprint density at radius 1 is 1.53 bits per heavy atom. The maximum absolute atomic E-state index is 13.5. The van der Waals surface area contributed by atoms with Crippen molar-refractivity contribution in [3.8, 4) is 5.75 Å². The average Bonchev–Trinajstić information content (AvgIpc) is 2.91. The van der Waals surface area contributed by atoms with E-state index in [4.69, 9.17) is 9.47 Å². The number of methoxy groups -OCH3 is 1. The third kappa shape index (κ3) is 3.92. The molecule has 1 aliphatic heterocycles. The van der Waals surface area contributed by atoms with Crippen LogP contribution in [0, 0.1) is 5.82 Å². The van der Waals surface area contributed by atoms with Crippen molar-refractivity contribution in [3.05, 3.63) is 28.0 Å². The highest BCUT2D eigenvalue weighted by Crippen LogP contribution is 2.38. The van der Waals surface area contributed by atoms with Gasteiger partial charge in [-0.3, -0.25) is 0 Å². The molecule has 106 valence electrons. The van der Waals surface area contributed by atoms with Gasteiger partial charge in [0, 0.05) is 23.1 Å². The Labute approximate surface area is 129 Å². The molecule has 0 saturated carbocycles. The number of halogens is 3. The summed E-state index contributed by atoms with van der Waals surface area (Å²) in [6.45, 7) is 0.878. The van der Waals surface area contributed by atoms with Crippen molar-refractivity contribution in [3.63, 3.8) is 0 Å². The fourth-order valence-corrected chi connectivity index (χ4v) is 3.31. The summed E-state index contributed by atoms with van der Waals surface area (Å²) >= 11 is 6.88. The van der Waals surface area contributed by atoms with Gasteiger partial charge in [-0.25, -0.2) is 4.39 Å². The molecular weight excluding hydrogens is 379 g/mol. The molecule has 2 nitrogen and oxygen atoms in total. The van der Waals surface area contributed by atoms with Gasteiger partial charge in [0.1, 0.15) is 11.6 Å². The summed E-state index contributed by atoms with van der Waals surface area (Å²) < 4.78 is 24.8. The van der Waals surface area contributed by atoms with Gasteiger partial charge in [0.05, 0.1) is 17.7 Å².